The molecule has 1 atom stereocenters. The van der Waals surface area contributed by atoms with Crippen molar-refractivity contribution in [3.05, 3.63) is 0 Å². The van der Waals surface area contributed by atoms with E-state index in [1.807, 2.05) is 34.6 Å². The van der Waals surface area contributed by atoms with Crippen LogP contribution in [0.2, 0.25) is 0 Å². The lowest BCUT2D eigenvalue weighted by atomic mass is 9.94. The number of nitrogens with one attached hydrogen (secondary N) is 2. The molecule has 7 nitrogen and oxygen atoms in total. The first-order chi connectivity index (χ1) is 10.0. The summed E-state index contributed by atoms with van der Waals surface area (Å²) < 4.78 is 0. The largest absolute Gasteiger partial charge is 0.336 e. The highest BCUT2D eigenvalue weighted by molar-refractivity contribution is 5.91. The summed E-state index contributed by atoms with van der Waals surface area (Å²) in [6, 6.07) is -0.909. The molecule has 1 saturated heterocycles. The zero-order valence-corrected chi connectivity index (χ0v) is 14.4. The van der Waals surface area contributed by atoms with Crippen molar-refractivity contribution < 1.29 is 14.4 Å². The minimum Gasteiger partial charge on any atom is -0.334 e. The Bertz CT molecular complexity index is 443. The van der Waals surface area contributed by atoms with E-state index >= 15 is 0 Å². The molecule has 0 aliphatic carbocycles. The number of carbonyl (C=O) groups is 3. The van der Waals surface area contributed by atoms with Gasteiger partial charge in [-0.3, -0.25) is 15.0 Å². The number of hydrogen-bond acceptors (Lipinski definition) is 3. The van der Waals surface area contributed by atoms with E-state index in [-0.39, 0.29) is 23.9 Å². The van der Waals surface area contributed by atoms with Crippen LogP contribution in [0.4, 0.5) is 4.79 Å². The van der Waals surface area contributed by atoms with Gasteiger partial charge in [-0.25, -0.2) is 9.80 Å². The maximum Gasteiger partial charge on any atom is 0.336 e. The van der Waals surface area contributed by atoms with Gasteiger partial charge in [0.15, 0.2) is 0 Å². The van der Waals surface area contributed by atoms with Gasteiger partial charge in [0, 0.05) is 25.0 Å². The molecule has 0 saturated carbocycles. The van der Waals surface area contributed by atoms with Gasteiger partial charge in [-0.05, 0) is 26.7 Å². The number of urea groups is 1. The van der Waals surface area contributed by atoms with Crippen LogP contribution in [0.1, 0.15) is 47.5 Å². The molecule has 0 bridgehead atoms. The van der Waals surface area contributed by atoms with Crippen molar-refractivity contribution in [2.75, 3.05) is 13.6 Å². The average molecular weight is 312 g/mol. The van der Waals surface area contributed by atoms with Gasteiger partial charge in [0.2, 0.25) is 5.91 Å². The van der Waals surface area contributed by atoms with E-state index < -0.39 is 11.5 Å². The quantitative estimate of drug-likeness (QED) is 0.749. The van der Waals surface area contributed by atoms with E-state index in [1.165, 1.54) is 7.05 Å². The highest BCUT2D eigenvalue weighted by atomic mass is 16.2. The second-order valence-electron chi connectivity index (χ2n) is 7.05. The van der Waals surface area contributed by atoms with E-state index in [2.05, 4.69) is 10.7 Å². The molecule has 1 fully saturated rings. The van der Waals surface area contributed by atoms with Gasteiger partial charge in [0.25, 0.3) is 5.91 Å². The van der Waals surface area contributed by atoms with Crippen LogP contribution in [0.5, 0.6) is 0 Å². The molecule has 4 amide bonds. The number of nitrogens with zero attached hydrogens (tertiary/aromatic N) is 2. The minimum absolute atomic E-state index is 0.0164. The number of rotatable bonds is 2. The number of hydrazine groups is 1. The first-order valence-corrected chi connectivity index (χ1v) is 7.70. The monoisotopic (exact) mass is 312 g/mol. The van der Waals surface area contributed by atoms with Crippen LogP contribution in [0.25, 0.3) is 0 Å². The molecule has 1 heterocycles. The Kier molecular flexibility index (Phi) is 5.79. The molecule has 0 aromatic heterocycles. The van der Waals surface area contributed by atoms with E-state index in [1.54, 1.807) is 4.90 Å². The molecule has 2 N–H and O–H groups in total. The van der Waals surface area contributed by atoms with Crippen LogP contribution in [0, 0.1) is 5.41 Å². The molecule has 1 aliphatic heterocycles. The Hall–Kier alpha value is -1.79. The molecule has 0 spiro atoms. The van der Waals surface area contributed by atoms with Gasteiger partial charge in [0.05, 0.1) is 0 Å². The van der Waals surface area contributed by atoms with E-state index in [9.17, 15) is 14.4 Å². The van der Waals surface area contributed by atoms with Crippen molar-refractivity contribution in [1.82, 2.24) is 20.7 Å². The van der Waals surface area contributed by atoms with Crippen molar-refractivity contribution in [3.63, 3.8) is 0 Å². The summed E-state index contributed by atoms with van der Waals surface area (Å²) in [6.07, 6.45) is 1.41. The molecule has 126 valence electrons. The molecule has 0 unspecified atom stereocenters. The molecule has 7 heteroatoms. The smallest absolute Gasteiger partial charge is 0.334 e. The second-order valence-corrected chi connectivity index (χ2v) is 7.05. The molecule has 0 aromatic carbocycles. The lowest BCUT2D eigenvalue weighted by Crippen LogP contribution is -2.56. The van der Waals surface area contributed by atoms with E-state index in [0.717, 1.165) is 11.4 Å². The molecular weight excluding hydrogens is 284 g/mol. The highest BCUT2D eigenvalue weighted by Crippen LogP contribution is 2.25. The lowest BCUT2D eigenvalue weighted by molar-refractivity contribution is -0.145. The summed E-state index contributed by atoms with van der Waals surface area (Å²) in [7, 11) is 1.49. The lowest BCUT2D eigenvalue weighted by Gasteiger charge is -2.31. The third-order valence-corrected chi connectivity index (χ3v) is 3.45. The molecule has 1 aliphatic rings. The fraction of sp³-hybridized carbons (Fsp3) is 0.800. The summed E-state index contributed by atoms with van der Waals surface area (Å²) >= 11 is 0. The van der Waals surface area contributed by atoms with Crippen LogP contribution >= 0.6 is 0 Å². The first kappa shape index (κ1) is 18.3. The van der Waals surface area contributed by atoms with Gasteiger partial charge in [-0.2, -0.15) is 0 Å². The van der Waals surface area contributed by atoms with Crippen LogP contribution in [-0.4, -0.2) is 53.4 Å². The number of amides is 4. The molecule has 22 heavy (non-hydrogen) atoms. The van der Waals surface area contributed by atoms with Gasteiger partial charge in [-0.1, -0.05) is 20.8 Å². The van der Waals surface area contributed by atoms with Gasteiger partial charge in [-0.15, -0.1) is 0 Å². The first-order valence-electron chi connectivity index (χ1n) is 7.70. The maximum atomic E-state index is 12.4. The average Bonchev–Trinajstić information content (AvgIpc) is 2.84. The maximum absolute atomic E-state index is 12.4. The van der Waals surface area contributed by atoms with E-state index in [0.29, 0.717) is 13.0 Å². The number of likely N-dealkylation sites (tertiary alicyclic amines) is 1. The molecule has 0 aromatic rings. The highest BCUT2D eigenvalue weighted by Gasteiger charge is 2.39. The predicted octanol–water partition coefficient (Wildman–Crippen LogP) is 1.10. The van der Waals surface area contributed by atoms with Gasteiger partial charge < -0.3 is 10.2 Å². The van der Waals surface area contributed by atoms with Crippen LogP contribution in [0.3, 0.4) is 0 Å². The molecule has 0 radical (unpaired) electrons. The summed E-state index contributed by atoms with van der Waals surface area (Å²) in [5, 5.41) is 3.81. The summed E-state index contributed by atoms with van der Waals surface area (Å²) in [5.41, 5.74) is 2.03. The zero-order chi connectivity index (χ0) is 17.1. The Labute approximate surface area is 132 Å². The Morgan fingerprint density at radius 2 is 1.82 bits per heavy atom. The SMILES string of the molecule is CC(C)NC(=O)N(C)NC(=O)[C@@H]1CCCN1C(=O)C(C)(C)C. The van der Waals surface area contributed by atoms with Crippen molar-refractivity contribution in [2.24, 2.45) is 5.41 Å². The Balaban J connectivity index is 2.68. The van der Waals surface area contributed by atoms with E-state index in [4.69, 9.17) is 0 Å². The van der Waals surface area contributed by atoms with Gasteiger partial charge in [0.1, 0.15) is 6.04 Å². The Morgan fingerprint density at radius 3 is 2.32 bits per heavy atom. The van der Waals surface area contributed by atoms with Crippen molar-refractivity contribution >= 4 is 17.8 Å². The normalized spacial score (nSPS) is 18.3. The summed E-state index contributed by atoms with van der Waals surface area (Å²) in [4.78, 5) is 38.2. The third-order valence-electron chi connectivity index (χ3n) is 3.45. The minimum atomic E-state index is -0.524. The fourth-order valence-electron chi connectivity index (χ4n) is 2.35. The van der Waals surface area contributed by atoms with Crippen LogP contribution in [-0.2, 0) is 9.59 Å². The van der Waals surface area contributed by atoms with Crippen molar-refractivity contribution in [1.29, 1.82) is 0 Å². The van der Waals surface area contributed by atoms with Crippen LogP contribution in [0.15, 0.2) is 0 Å². The predicted molar refractivity (Wildman–Crippen MR) is 83.8 cm³/mol. The third kappa shape index (κ3) is 4.61. The fourth-order valence-corrected chi connectivity index (χ4v) is 2.35. The second kappa shape index (κ2) is 6.98. The number of carbonyl (C=O) groups excluding carboxylic acids is 3. The zero-order valence-electron chi connectivity index (χ0n) is 14.4. The van der Waals surface area contributed by atoms with Crippen molar-refractivity contribution in [3.8, 4) is 0 Å². The van der Waals surface area contributed by atoms with Crippen LogP contribution < -0.4 is 10.7 Å². The number of hydrogen-bond donors (Lipinski definition) is 2. The molecule has 1 rings (SSSR count). The topological polar surface area (TPSA) is 81.8 Å². The summed E-state index contributed by atoms with van der Waals surface area (Å²) in [5.74, 6) is -0.365. The standard InChI is InChI=1S/C15H28N4O3/c1-10(2)16-14(22)18(6)17-12(20)11-8-7-9-19(11)13(21)15(3,4)5/h10-11H,7-9H2,1-6H3,(H,16,22)(H,17,20)/t11-/m0/s1. The Morgan fingerprint density at radius 1 is 1.23 bits per heavy atom. The summed E-state index contributed by atoms with van der Waals surface area (Å²) in [6.45, 7) is 9.78. The van der Waals surface area contributed by atoms with Gasteiger partial charge >= 0.3 is 6.03 Å². The molecular formula is C15H28N4O3. The van der Waals surface area contributed by atoms with Crippen molar-refractivity contribution in [2.45, 2.75) is 59.5 Å².